The summed E-state index contributed by atoms with van der Waals surface area (Å²) in [6, 6.07) is 4.74. The summed E-state index contributed by atoms with van der Waals surface area (Å²) in [7, 11) is 3.23. The number of nitrogens with zero attached hydrogens (tertiary/aromatic N) is 2. The van der Waals surface area contributed by atoms with Gasteiger partial charge in [-0.3, -0.25) is 14.9 Å². The van der Waals surface area contributed by atoms with Crippen molar-refractivity contribution in [1.82, 2.24) is 5.32 Å². The molecule has 98 valence electrons. The molecule has 0 aliphatic heterocycles. The molecule has 0 aliphatic rings. The molecule has 1 aromatic carbocycles. The molecule has 1 rings (SSSR count). The number of nitrogen functional groups attached to an aromatic ring is 1. The van der Waals surface area contributed by atoms with Gasteiger partial charge >= 0.3 is 5.69 Å². The topological polar surface area (TPSA) is 102 Å². The minimum atomic E-state index is -0.513. The van der Waals surface area contributed by atoms with Gasteiger partial charge in [-0.15, -0.1) is 0 Å². The Bertz CT molecular complexity index is 462. The van der Waals surface area contributed by atoms with Gasteiger partial charge in [-0.2, -0.15) is 0 Å². The third-order valence-electron chi connectivity index (χ3n) is 2.59. The number of carbonyl (C=O) groups excluding carboxylic acids is 1. The lowest BCUT2D eigenvalue weighted by Crippen LogP contribution is -2.26. The van der Waals surface area contributed by atoms with Crippen LogP contribution in [0.25, 0.3) is 0 Å². The smallest absolute Gasteiger partial charge is 0.315 e. The first kappa shape index (κ1) is 13.8. The van der Waals surface area contributed by atoms with Gasteiger partial charge in [-0.1, -0.05) is 6.07 Å². The van der Waals surface area contributed by atoms with Crippen LogP contribution in [-0.2, 0) is 4.79 Å². The Kier molecular flexibility index (Phi) is 4.47. The number of nitrogens with one attached hydrogen (secondary N) is 1. The molecular formula is C11H16N4O3. The van der Waals surface area contributed by atoms with Crippen LogP contribution < -0.4 is 16.0 Å². The third-order valence-corrected chi connectivity index (χ3v) is 2.59. The fourth-order valence-corrected chi connectivity index (χ4v) is 1.57. The maximum absolute atomic E-state index is 11.1. The summed E-state index contributed by atoms with van der Waals surface area (Å²) in [5.74, 6) is -0.117. The SMILES string of the molecule is CNC(=O)CCN(C)c1cccc(N)c1[N+](=O)[O-]. The minimum Gasteiger partial charge on any atom is -0.393 e. The quantitative estimate of drug-likeness (QED) is 0.457. The Hall–Kier alpha value is -2.31. The summed E-state index contributed by atoms with van der Waals surface area (Å²) in [6.07, 6.45) is 0.263. The van der Waals surface area contributed by atoms with Gasteiger partial charge in [0.15, 0.2) is 0 Å². The van der Waals surface area contributed by atoms with Gasteiger partial charge in [0, 0.05) is 27.1 Å². The molecule has 0 radical (unpaired) electrons. The highest BCUT2D eigenvalue weighted by atomic mass is 16.6. The number of nitro groups is 1. The molecule has 0 fully saturated rings. The fourth-order valence-electron chi connectivity index (χ4n) is 1.57. The lowest BCUT2D eigenvalue weighted by molar-refractivity contribution is -0.383. The van der Waals surface area contributed by atoms with Crippen LogP contribution in [0.15, 0.2) is 18.2 Å². The Morgan fingerprint density at radius 1 is 1.56 bits per heavy atom. The maximum atomic E-state index is 11.1. The zero-order valence-electron chi connectivity index (χ0n) is 10.3. The molecule has 0 saturated carbocycles. The molecule has 0 unspecified atom stereocenters. The second-order valence-corrected chi connectivity index (χ2v) is 3.82. The molecule has 0 aliphatic carbocycles. The first-order valence-electron chi connectivity index (χ1n) is 5.42. The molecule has 0 bridgehead atoms. The molecule has 0 heterocycles. The number of nitro benzene ring substituents is 1. The van der Waals surface area contributed by atoms with Gasteiger partial charge in [0.1, 0.15) is 11.4 Å². The minimum absolute atomic E-state index is 0.115. The summed E-state index contributed by atoms with van der Waals surface area (Å²) < 4.78 is 0. The first-order valence-corrected chi connectivity index (χ1v) is 5.42. The van der Waals surface area contributed by atoms with Crippen LogP contribution in [0.1, 0.15) is 6.42 Å². The predicted octanol–water partition coefficient (Wildman–Crippen LogP) is 0.749. The van der Waals surface area contributed by atoms with Crippen LogP contribution in [0.3, 0.4) is 0 Å². The highest BCUT2D eigenvalue weighted by Gasteiger charge is 2.20. The summed E-state index contributed by atoms with van der Waals surface area (Å²) in [6.45, 7) is 0.379. The molecule has 0 aromatic heterocycles. The molecule has 0 saturated heterocycles. The second-order valence-electron chi connectivity index (χ2n) is 3.82. The van der Waals surface area contributed by atoms with Gasteiger partial charge in [0.05, 0.1) is 4.92 Å². The van der Waals surface area contributed by atoms with Crippen molar-refractivity contribution in [2.24, 2.45) is 0 Å². The summed E-state index contributed by atoms with van der Waals surface area (Å²) in [5, 5.41) is 13.5. The third kappa shape index (κ3) is 3.09. The molecule has 7 nitrogen and oxygen atoms in total. The lowest BCUT2D eigenvalue weighted by atomic mass is 10.2. The van der Waals surface area contributed by atoms with Crippen LogP contribution in [0, 0.1) is 10.1 Å². The molecule has 1 amide bonds. The molecule has 7 heteroatoms. The van der Waals surface area contributed by atoms with E-state index in [1.54, 1.807) is 31.1 Å². The fraction of sp³-hybridized carbons (Fsp3) is 0.364. The highest BCUT2D eigenvalue weighted by Crippen LogP contribution is 2.32. The van der Waals surface area contributed by atoms with Gasteiger partial charge in [0.2, 0.25) is 5.91 Å². The van der Waals surface area contributed by atoms with E-state index in [9.17, 15) is 14.9 Å². The molecule has 3 N–H and O–H groups in total. The Morgan fingerprint density at radius 3 is 2.78 bits per heavy atom. The van der Waals surface area contributed by atoms with Crippen molar-refractivity contribution in [3.63, 3.8) is 0 Å². The largest absolute Gasteiger partial charge is 0.393 e. The summed E-state index contributed by atoms with van der Waals surface area (Å²) >= 11 is 0. The van der Waals surface area contributed by atoms with Crippen LogP contribution >= 0.6 is 0 Å². The monoisotopic (exact) mass is 252 g/mol. The van der Waals surface area contributed by atoms with E-state index < -0.39 is 4.92 Å². The first-order chi connectivity index (χ1) is 8.47. The lowest BCUT2D eigenvalue weighted by Gasteiger charge is -2.19. The van der Waals surface area contributed by atoms with Crippen molar-refractivity contribution in [3.8, 4) is 0 Å². The second kappa shape index (κ2) is 5.85. The Labute approximate surface area is 105 Å². The van der Waals surface area contributed by atoms with Crippen LogP contribution in [-0.4, -0.2) is 31.5 Å². The molecular weight excluding hydrogens is 236 g/mol. The van der Waals surface area contributed by atoms with Crippen molar-refractivity contribution in [2.75, 3.05) is 31.3 Å². The van der Waals surface area contributed by atoms with E-state index in [0.29, 0.717) is 12.2 Å². The van der Waals surface area contributed by atoms with E-state index in [2.05, 4.69) is 5.32 Å². The van der Waals surface area contributed by atoms with Gasteiger partial charge < -0.3 is 16.0 Å². The number of rotatable bonds is 5. The number of anilines is 2. The summed E-state index contributed by atoms with van der Waals surface area (Å²) in [5.41, 5.74) is 5.99. The standard InChI is InChI=1S/C11H16N4O3/c1-13-10(16)6-7-14(2)9-5-3-4-8(12)11(9)15(17)18/h3-5H,6-7,12H2,1-2H3,(H,13,16). The van der Waals surface area contributed by atoms with E-state index in [0.717, 1.165) is 0 Å². The Balaban J connectivity index is 2.92. The van der Waals surface area contributed by atoms with Crippen molar-refractivity contribution >= 4 is 23.0 Å². The summed E-state index contributed by atoms with van der Waals surface area (Å²) in [4.78, 5) is 23.2. The number of hydrogen-bond acceptors (Lipinski definition) is 5. The van der Waals surface area contributed by atoms with Crippen LogP contribution in [0.2, 0.25) is 0 Å². The van der Waals surface area contributed by atoms with Gasteiger partial charge in [-0.25, -0.2) is 0 Å². The van der Waals surface area contributed by atoms with Crippen LogP contribution in [0.5, 0.6) is 0 Å². The average molecular weight is 252 g/mol. The van der Waals surface area contributed by atoms with Gasteiger partial charge in [0.25, 0.3) is 0 Å². The van der Waals surface area contributed by atoms with E-state index in [1.807, 2.05) is 0 Å². The Morgan fingerprint density at radius 2 is 2.22 bits per heavy atom. The number of carbonyl (C=O) groups is 1. The number of amides is 1. The molecule has 0 spiro atoms. The molecule has 1 aromatic rings. The van der Waals surface area contributed by atoms with Crippen molar-refractivity contribution < 1.29 is 9.72 Å². The van der Waals surface area contributed by atoms with Crippen LogP contribution in [0.4, 0.5) is 17.1 Å². The zero-order chi connectivity index (χ0) is 13.7. The van der Waals surface area contributed by atoms with Crippen molar-refractivity contribution in [1.29, 1.82) is 0 Å². The van der Waals surface area contributed by atoms with Crippen molar-refractivity contribution in [3.05, 3.63) is 28.3 Å². The van der Waals surface area contributed by atoms with Gasteiger partial charge in [-0.05, 0) is 12.1 Å². The molecule has 18 heavy (non-hydrogen) atoms. The predicted molar refractivity (Wildman–Crippen MR) is 69.5 cm³/mol. The zero-order valence-corrected chi connectivity index (χ0v) is 10.3. The normalized spacial score (nSPS) is 9.89. The van der Waals surface area contributed by atoms with E-state index >= 15 is 0 Å². The number of nitrogens with two attached hydrogens (primary N) is 1. The number of para-hydroxylation sites is 1. The van der Waals surface area contributed by atoms with Crippen molar-refractivity contribution in [2.45, 2.75) is 6.42 Å². The van der Waals surface area contributed by atoms with E-state index in [-0.39, 0.29) is 23.7 Å². The molecule has 0 atom stereocenters. The maximum Gasteiger partial charge on any atom is 0.315 e. The van der Waals surface area contributed by atoms with E-state index in [4.69, 9.17) is 5.73 Å². The highest BCUT2D eigenvalue weighted by molar-refractivity contribution is 5.78. The van der Waals surface area contributed by atoms with E-state index in [1.165, 1.54) is 6.07 Å². The average Bonchev–Trinajstić information content (AvgIpc) is 2.34. The number of hydrogen-bond donors (Lipinski definition) is 2. The number of benzene rings is 1.